The molecule has 2 atom stereocenters. The Morgan fingerprint density at radius 2 is 1.74 bits per heavy atom. The third kappa shape index (κ3) is 4.03. The first kappa shape index (κ1) is 21.4. The van der Waals surface area contributed by atoms with Gasteiger partial charge in [0.1, 0.15) is 0 Å². The van der Waals surface area contributed by atoms with Gasteiger partial charge >= 0.3 is 181 Å². The number of allylic oxidation sites excluding steroid dienone is 1. The van der Waals surface area contributed by atoms with E-state index in [1.54, 1.807) is 0 Å². The molecule has 27 heavy (non-hydrogen) atoms. The van der Waals surface area contributed by atoms with Crippen molar-refractivity contribution in [1.82, 2.24) is 0 Å². The van der Waals surface area contributed by atoms with E-state index >= 15 is 0 Å². The molecule has 0 aromatic heterocycles. The minimum absolute atomic E-state index is 0.0681. The van der Waals surface area contributed by atoms with Crippen LogP contribution in [-0.4, -0.2) is 0 Å². The molecule has 2 aromatic rings. The summed E-state index contributed by atoms with van der Waals surface area (Å²) in [5.74, 6) is 0.512. The van der Waals surface area contributed by atoms with Crippen molar-refractivity contribution >= 4 is 23.1 Å². The van der Waals surface area contributed by atoms with E-state index in [9.17, 15) is 0 Å². The van der Waals surface area contributed by atoms with E-state index in [-0.39, 0.29) is 9.04 Å². The maximum atomic E-state index is 6.69. The monoisotopic (exact) mass is 477 g/mol. The number of hydrogen-bond donors (Lipinski definition) is 0. The summed E-state index contributed by atoms with van der Waals surface area (Å²) in [5, 5.41) is 0. The van der Waals surface area contributed by atoms with Crippen molar-refractivity contribution in [3.63, 3.8) is 0 Å². The summed E-state index contributed by atoms with van der Waals surface area (Å²) >= 11 is -2.50. The SMILES string of the molecule is CCC(C)C1=Cc2c(ccc(C(C)(C)C)c2-c2ccccc2C)[CH]1[Zr]([Cl])[Cl]. The molecule has 3 rings (SSSR count). The van der Waals surface area contributed by atoms with E-state index in [2.05, 4.69) is 84.0 Å². The maximum absolute atomic E-state index is 6.69. The summed E-state index contributed by atoms with van der Waals surface area (Å²) in [7, 11) is 13.4. The molecule has 0 amide bonds. The molecule has 2 aromatic carbocycles. The molecule has 0 radical (unpaired) electrons. The number of benzene rings is 2. The average Bonchev–Trinajstić information content (AvgIpc) is 2.99. The zero-order valence-electron chi connectivity index (χ0n) is 17.2. The summed E-state index contributed by atoms with van der Waals surface area (Å²) in [6.45, 7) is 13.7. The molecule has 0 fully saturated rings. The van der Waals surface area contributed by atoms with E-state index in [4.69, 9.17) is 17.0 Å². The first-order valence-electron chi connectivity index (χ1n) is 9.79. The molecule has 1 aliphatic rings. The van der Waals surface area contributed by atoms with Crippen molar-refractivity contribution in [2.75, 3.05) is 0 Å². The summed E-state index contributed by atoms with van der Waals surface area (Å²) < 4.78 is 0.275. The van der Waals surface area contributed by atoms with Crippen LogP contribution in [-0.2, 0) is 24.8 Å². The Bertz CT molecular complexity index is 874. The Morgan fingerprint density at radius 1 is 1.07 bits per heavy atom. The quantitative estimate of drug-likeness (QED) is 0.413. The van der Waals surface area contributed by atoms with Gasteiger partial charge in [0, 0.05) is 0 Å². The average molecular weight is 480 g/mol. The predicted molar refractivity (Wildman–Crippen MR) is 117 cm³/mol. The van der Waals surface area contributed by atoms with Crippen LogP contribution < -0.4 is 0 Å². The van der Waals surface area contributed by atoms with Crippen LogP contribution >= 0.6 is 17.0 Å². The molecule has 0 aliphatic heterocycles. The molecule has 0 saturated heterocycles. The van der Waals surface area contributed by atoms with Crippen molar-refractivity contribution in [3.05, 3.63) is 64.2 Å². The van der Waals surface area contributed by atoms with Crippen LogP contribution in [0.4, 0.5) is 0 Å². The Balaban J connectivity index is 2.36. The van der Waals surface area contributed by atoms with Gasteiger partial charge in [-0.3, -0.25) is 0 Å². The molecule has 0 spiro atoms. The molecule has 0 heterocycles. The normalized spacial score (nSPS) is 17.5. The van der Waals surface area contributed by atoms with Crippen LogP contribution in [0.5, 0.6) is 0 Å². The van der Waals surface area contributed by atoms with Gasteiger partial charge in [0.15, 0.2) is 0 Å². The molecule has 0 nitrogen and oxygen atoms in total. The van der Waals surface area contributed by atoms with Gasteiger partial charge in [-0.05, 0) is 0 Å². The first-order chi connectivity index (χ1) is 12.7. The zero-order valence-corrected chi connectivity index (χ0v) is 21.1. The number of hydrogen-bond acceptors (Lipinski definition) is 0. The summed E-state index contributed by atoms with van der Waals surface area (Å²) in [6.07, 6.45) is 3.54. The molecular weight excluding hydrogens is 450 g/mol. The second-order valence-electron chi connectivity index (χ2n) is 8.73. The number of fused-ring (bicyclic) bond motifs is 1. The van der Waals surface area contributed by atoms with Crippen LogP contribution in [0.25, 0.3) is 17.2 Å². The van der Waals surface area contributed by atoms with Crippen LogP contribution in [0, 0.1) is 12.8 Å². The summed E-state index contributed by atoms with van der Waals surface area (Å²) in [5.41, 5.74) is 9.64. The molecule has 143 valence electrons. The minimum atomic E-state index is -2.50. The molecule has 0 N–H and O–H groups in total. The van der Waals surface area contributed by atoms with E-state index in [0.29, 0.717) is 5.92 Å². The van der Waals surface area contributed by atoms with Gasteiger partial charge in [-0.1, -0.05) is 0 Å². The van der Waals surface area contributed by atoms with Gasteiger partial charge in [-0.15, -0.1) is 0 Å². The summed E-state index contributed by atoms with van der Waals surface area (Å²) in [4.78, 5) is 0. The van der Waals surface area contributed by atoms with E-state index < -0.39 is 19.4 Å². The number of halogens is 2. The Morgan fingerprint density at radius 3 is 2.30 bits per heavy atom. The van der Waals surface area contributed by atoms with E-state index in [1.807, 2.05) is 0 Å². The molecule has 2 unspecified atom stereocenters. The van der Waals surface area contributed by atoms with E-state index in [0.717, 1.165) is 6.42 Å². The van der Waals surface area contributed by atoms with Gasteiger partial charge in [0.05, 0.1) is 0 Å². The standard InChI is InChI=1S/C24H29.2ClH.Zr/c1-7-16(2)19-14-18-12-13-22(24(4,5)6)23(21(18)15-19)20-11-9-8-10-17(20)3;;;/h8-16H,7H2,1-6H3;2*1H;/q;;;+2/p-2. The van der Waals surface area contributed by atoms with Crippen molar-refractivity contribution in [1.29, 1.82) is 0 Å². The fourth-order valence-corrected chi connectivity index (χ4v) is 9.75. The first-order valence-corrected chi connectivity index (χ1v) is 17.5. The van der Waals surface area contributed by atoms with Gasteiger partial charge in [0.2, 0.25) is 0 Å². The topological polar surface area (TPSA) is 0 Å². The Labute approximate surface area is 179 Å². The fourth-order valence-electron chi connectivity index (χ4n) is 4.15. The van der Waals surface area contributed by atoms with Crippen molar-refractivity contribution < 1.29 is 19.4 Å². The Hall–Kier alpha value is -0.357. The molecule has 0 bridgehead atoms. The second-order valence-corrected chi connectivity index (χ2v) is 17.5. The molecule has 1 aliphatic carbocycles. The molecule has 0 saturated carbocycles. The van der Waals surface area contributed by atoms with Crippen LogP contribution in [0.2, 0.25) is 0 Å². The number of rotatable bonds is 4. The van der Waals surface area contributed by atoms with Crippen LogP contribution in [0.3, 0.4) is 0 Å². The van der Waals surface area contributed by atoms with Crippen molar-refractivity contribution in [2.45, 2.75) is 57.0 Å². The predicted octanol–water partition coefficient (Wildman–Crippen LogP) is 8.37. The third-order valence-corrected chi connectivity index (χ3v) is 11.1. The number of aryl methyl sites for hydroxylation is 1. The van der Waals surface area contributed by atoms with E-state index in [1.165, 1.54) is 39.0 Å². The zero-order chi connectivity index (χ0) is 19.9. The van der Waals surface area contributed by atoms with Crippen molar-refractivity contribution in [3.8, 4) is 11.1 Å². The van der Waals surface area contributed by atoms with Crippen molar-refractivity contribution in [2.24, 2.45) is 5.92 Å². The fraction of sp³-hybridized carbons (Fsp3) is 0.417. The third-order valence-electron chi connectivity index (χ3n) is 5.86. The molecule has 3 heteroatoms. The summed E-state index contributed by atoms with van der Waals surface area (Å²) in [6, 6.07) is 13.3. The van der Waals surface area contributed by atoms with Gasteiger partial charge in [-0.25, -0.2) is 0 Å². The van der Waals surface area contributed by atoms with Crippen LogP contribution in [0.15, 0.2) is 42.0 Å². The van der Waals surface area contributed by atoms with Gasteiger partial charge in [0.25, 0.3) is 0 Å². The molecular formula is C24H29Cl2Zr. The van der Waals surface area contributed by atoms with Gasteiger partial charge < -0.3 is 0 Å². The van der Waals surface area contributed by atoms with Gasteiger partial charge in [-0.2, -0.15) is 0 Å². The Kier molecular flexibility index (Phi) is 6.47. The van der Waals surface area contributed by atoms with Crippen LogP contribution in [0.1, 0.15) is 66.9 Å². The second kappa shape index (κ2) is 8.18.